The van der Waals surface area contributed by atoms with Gasteiger partial charge >= 0.3 is 0 Å². The fraction of sp³-hybridized carbons (Fsp3) is 0.200. The van der Waals surface area contributed by atoms with Crippen LogP contribution in [0.1, 0.15) is 28.9 Å². The van der Waals surface area contributed by atoms with Crippen molar-refractivity contribution < 1.29 is 18.7 Å². The summed E-state index contributed by atoms with van der Waals surface area (Å²) in [7, 11) is 0. The van der Waals surface area contributed by atoms with Crippen LogP contribution in [0.5, 0.6) is 11.5 Å². The molecule has 3 rings (SSSR count). The van der Waals surface area contributed by atoms with Crippen LogP contribution < -0.4 is 14.8 Å². The van der Waals surface area contributed by atoms with E-state index in [0.717, 1.165) is 5.56 Å². The minimum atomic E-state index is -0.784. The number of rotatable bonds is 3. The summed E-state index contributed by atoms with van der Waals surface area (Å²) in [6, 6.07) is 8.02. The van der Waals surface area contributed by atoms with Crippen molar-refractivity contribution >= 4 is 5.91 Å². The molecule has 0 spiro atoms. The molecule has 1 atom stereocenters. The average Bonchev–Trinajstić information content (AvgIpc) is 2.94. The molecule has 0 radical (unpaired) electrons. The Balaban J connectivity index is 1.76. The summed E-state index contributed by atoms with van der Waals surface area (Å²) in [6.07, 6.45) is 1.30. The van der Waals surface area contributed by atoms with E-state index in [1.165, 1.54) is 18.3 Å². The number of nitrogens with zero attached hydrogens (tertiary/aromatic N) is 1. The Morgan fingerprint density at radius 1 is 1.33 bits per heavy atom. The van der Waals surface area contributed by atoms with Crippen molar-refractivity contribution in [3.63, 3.8) is 0 Å². The first-order valence-electron chi connectivity index (χ1n) is 6.46. The van der Waals surface area contributed by atoms with Crippen LogP contribution in [-0.4, -0.2) is 17.7 Å². The summed E-state index contributed by atoms with van der Waals surface area (Å²) in [5.41, 5.74) is 0.766. The molecule has 0 fully saturated rings. The topological polar surface area (TPSA) is 60.5 Å². The summed E-state index contributed by atoms with van der Waals surface area (Å²) < 4.78 is 24.0. The summed E-state index contributed by atoms with van der Waals surface area (Å²) in [5.74, 6) is 0.0235. The summed E-state index contributed by atoms with van der Waals surface area (Å²) in [6.45, 7) is 2.00. The van der Waals surface area contributed by atoms with Crippen LogP contribution in [0, 0.1) is 5.95 Å². The molecule has 1 aliphatic rings. The second-order valence-electron chi connectivity index (χ2n) is 4.65. The van der Waals surface area contributed by atoms with Crippen molar-refractivity contribution in [1.82, 2.24) is 10.3 Å². The summed E-state index contributed by atoms with van der Waals surface area (Å²) in [5, 5.41) is 2.73. The van der Waals surface area contributed by atoms with E-state index in [2.05, 4.69) is 10.3 Å². The maximum absolute atomic E-state index is 13.5. The number of carbonyl (C=O) groups excluding carboxylic acids is 1. The first-order valence-corrected chi connectivity index (χ1v) is 6.46. The van der Waals surface area contributed by atoms with Gasteiger partial charge < -0.3 is 14.8 Å². The third-order valence-electron chi connectivity index (χ3n) is 3.25. The molecule has 108 valence electrons. The van der Waals surface area contributed by atoms with E-state index in [4.69, 9.17) is 9.47 Å². The van der Waals surface area contributed by atoms with E-state index in [0.29, 0.717) is 11.5 Å². The van der Waals surface area contributed by atoms with E-state index in [1.54, 1.807) is 12.1 Å². The average molecular weight is 288 g/mol. The number of amides is 1. The molecule has 21 heavy (non-hydrogen) atoms. The molecule has 0 saturated carbocycles. The van der Waals surface area contributed by atoms with E-state index in [-0.39, 0.29) is 18.4 Å². The third kappa shape index (κ3) is 2.65. The highest BCUT2D eigenvalue weighted by Gasteiger charge is 2.18. The summed E-state index contributed by atoms with van der Waals surface area (Å²) in [4.78, 5) is 15.5. The molecule has 1 amide bonds. The lowest BCUT2D eigenvalue weighted by Gasteiger charge is -2.15. The Bertz CT molecular complexity index is 690. The van der Waals surface area contributed by atoms with Crippen molar-refractivity contribution in [3.8, 4) is 11.5 Å². The fourth-order valence-corrected chi connectivity index (χ4v) is 2.10. The van der Waals surface area contributed by atoms with Gasteiger partial charge in [0.1, 0.15) is 0 Å². The molecule has 0 aliphatic carbocycles. The molecule has 6 heteroatoms. The van der Waals surface area contributed by atoms with Crippen LogP contribution >= 0.6 is 0 Å². The Kier molecular flexibility index (Phi) is 3.43. The largest absolute Gasteiger partial charge is 0.454 e. The van der Waals surface area contributed by atoms with Crippen LogP contribution in [0.25, 0.3) is 0 Å². The second-order valence-corrected chi connectivity index (χ2v) is 4.65. The van der Waals surface area contributed by atoms with Gasteiger partial charge in [-0.3, -0.25) is 4.79 Å². The molecule has 2 aromatic rings. The molecule has 1 aromatic carbocycles. The Morgan fingerprint density at radius 3 is 2.95 bits per heavy atom. The molecule has 5 nitrogen and oxygen atoms in total. The molecular formula is C15H13FN2O3. The zero-order valence-electron chi connectivity index (χ0n) is 11.3. The first kappa shape index (κ1) is 13.4. The minimum absolute atomic E-state index is 0.0786. The molecule has 0 saturated heterocycles. The van der Waals surface area contributed by atoms with E-state index < -0.39 is 11.9 Å². The van der Waals surface area contributed by atoms with Crippen LogP contribution in [0.3, 0.4) is 0 Å². The van der Waals surface area contributed by atoms with Crippen LogP contribution in [-0.2, 0) is 0 Å². The van der Waals surface area contributed by atoms with Crippen molar-refractivity contribution in [3.05, 3.63) is 53.6 Å². The molecule has 2 heterocycles. The number of benzene rings is 1. The Labute approximate surface area is 120 Å². The molecule has 1 unspecified atom stereocenters. The predicted octanol–water partition coefficient (Wildman–Crippen LogP) is 2.44. The van der Waals surface area contributed by atoms with Gasteiger partial charge in [0.2, 0.25) is 12.7 Å². The zero-order valence-corrected chi connectivity index (χ0v) is 11.3. The maximum atomic E-state index is 13.5. The minimum Gasteiger partial charge on any atom is -0.454 e. The van der Waals surface area contributed by atoms with Gasteiger partial charge in [-0.05, 0) is 36.8 Å². The van der Waals surface area contributed by atoms with Crippen molar-refractivity contribution in [2.45, 2.75) is 13.0 Å². The number of fused-ring (bicyclic) bond motifs is 1. The third-order valence-corrected chi connectivity index (χ3v) is 3.25. The smallest absolute Gasteiger partial charge is 0.256 e. The van der Waals surface area contributed by atoms with Crippen molar-refractivity contribution in [1.29, 1.82) is 0 Å². The number of aromatic nitrogens is 1. The zero-order chi connectivity index (χ0) is 14.8. The highest BCUT2D eigenvalue weighted by atomic mass is 19.1. The molecule has 0 bridgehead atoms. The Hall–Kier alpha value is -2.63. The normalized spacial score (nSPS) is 13.8. The number of carbonyl (C=O) groups is 1. The lowest BCUT2D eigenvalue weighted by Crippen LogP contribution is -2.27. The van der Waals surface area contributed by atoms with Gasteiger partial charge in [-0.1, -0.05) is 6.07 Å². The first-order chi connectivity index (χ1) is 10.1. The standard InChI is InChI=1S/C15H13FN2O3/c1-9(10-4-5-12-13(7-10)21-8-20-12)18-15(19)11-3-2-6-17-14(11)16/h2-7,9H,8H2,1H3,(H,18,19). The number of hydrogen-bond donors (Lipinski definition) is 1. The van der Waals surface area contributed by atoms with Crippen LogP contribution in [0.2, 0.25) is 0 Å². The van der Waals surface area contributed by atoms with Gasteiger partial charge in [-0.25, -0.2) is 4.98 Å². The van der Waals surface area contributed by atoms with Gasteiger partial charge in [0.05, 0.1) is 11.6 Å². The van der Waals surface area contributed by atoms with Crippen LogP contribution in [0.4, 0.5) is 4.39 Å². The van der Waals surface area contributed by atoms with Crippen molar-refractivity contribution in [2.75, 3.05) is 6.79 Å². The number of pyridine rings is 1. The van der Waals surface area contributed by atoms with Crippen molar-refractivity contribution in [2.24, 2.45) is 0 Å². The number of hydrogen-bond acceptors (Lipinski definition) is 4. The monoisotopic (exact) mass is 288 g/mol. The van der Waals surface area contributed by atoms with Gasteiger partial charge in [0.25, 0.3) is 5.91 Å². The van der Waals surface area contributed by atoms with Crippen LogP contribution in [0.15, 0.2) is 36.5 Å². The fourth-order valence-electron chi connectivity index (χ4n) is 2.10. The maximum Gasteiger partial charge on any atom is 0.256 e. The molecular weight excluding hydrogens is 275 g/mol. The predicted molar refractivity (Wildman–Crippen MR) is 72.6 cm³/mol. The van der Waals surface area contributed by atoms with E-state index >= 15 is 0 Å². The number of nitrogens with one attached hydrogen (secondary N) is 1. The molecule has 1 aromatic heterocycles. The number of ether oxygens (including phenoxy) is 2. The lowest BCUT2D eigenvalue weighted by atomic mass is 10.1. The molecule has 1 N–H and O–H groups in total. The highest BCUT2D eigenvalue weighted by Crippen LogP contribution is 2.34. The van der Waals surface area contributed by atoms with Gasteiger partial charge in [-0.15, -0.1) is 0 Å². The highest BCUT2D eigenvalue weighted by molar-refractivity contribution is 5.94. The van der Waals surface area contributed by atoms with Gasteiger partial charge in [0, 0.05) is 6.20 Å². The SMILES string of the molecule is CC(NC(=O)c1cccnc1F)c1ccc2c(c1)OCO2. The Morgan fingerprint density at radius 2 is 2.14 bits per heavy atom. The van der Waals surface area contributed by atoms with Gasteiger partial charge in [-0.2, -0.15) is 4.39 Å². The quantitative estimate of drug-likeness (QED) is 0.881. The lowest BCUT2D eigenvalue weighted by molar-refractivity contribution is 0.0934. The van der Waals surface area contributed by atoms with E-state index in [9.17, 15) is 9.18 Å². The second kappa shape index (κ2) is 5.40. The summed E-state index contributed by atoms with van der Waals surface area (Å²) >= 11 is 0. The van der Waals surface area contributed by atoms with Gasteiger partial charge in [0.15, 0.2) is 11.5 Å². The molecule has 1 aliphatic heterocycles. The van der Waals surface area contributed by atoms with E-state index in [1.807, 2.05) is 13.0 Å². The number of halogens is 1.